The van der Waals surface area contributed by atoms with Crippen LogP contribution < -0.4 is 10.6 Å². The first-order valence-corrected chi connectivity index (χ1v) is 12.2. The zero-order valence-electron chi connectivity index (χ0n) is 20.2. The standard InChI is InChI=1S/C24H35Cl2N5O2/c1-6-8-12-27-23(33)30(13-9-7-2)16-22(32)28-21-15-20(24(3,4)5)29-31(21)17-10-11-18(25)19(26)14-17/h10-11,14-15H,6-9,12-13,16H2,1-5H3,(H,27,33)(H,28,32). The molecule has 182 valence electrons. The summed E-state index contributed by atoms with van der Waals surface area (Å²) in [4.78, 5) is 27.1. The van der Waals surface area contributed by atoms with Gasteiger partial charge >= 0.3 is 6.03 Å². The number of unbranched alkanes of at least 4 members (excludes halogenated alkanes) is 2. The van der Waals surface area contributed by atoms with Crippen LogP contribution in [0.15, 0.2) is 24.3 Å². The number of aromatic nitrogens is 2. The molecule has 2 rings (SSSR count). The molecule has 9 heteroatoms. The normalized spacial score (nSPS) is 11.4. The average molecular weight is 496 g/mol. The Hall–Kier alpha value is -2.25. The van der Waals surface area contributed by atoms with Crippen LogP contribution in [0.25, 0.3) is 5.69 Å². The summed E-state index contributed by atoms with van der Waals surface area (Å²) in [6, 6.07) is 6.81. The monoisotopic (exact) mass is 495 g/mol. The minimum Gasteiger partial charge on any atom is -0.338 e. The summed E-state index contributed by atoms with van der Waals surface area (Å²) in [5, 5.41) is 11.4. The molecular formula is C24H35Cl2N5O2. The topological polar surface area (TPSA) is 79.3 Å². The molecule has 1 heterocycles. The van der Waals surface area contributed by atoms with Crippen molar-refractivity contribution in [2.24, 2.45) is 0 Å². The predicted molar refractivity (Wildman–Crippen MR) is 136 cm³/mol. The van der Waals surface area contributed by atoms with Crippen molar-refractivity contribution in [1.82, 2.24) is 20.0 Å². The van der Waals surface area contributed by atoms with E-state index >= 15 is 0 Å². The van der Waals surface area contributed by atoms with Gasteiger partial charge in [0.05, 0.1) is 21.4 Å². The van der Waals surface area contributed by atoms with Gasteiger partial charge in [-0.1, -0.05) is 70.7 Å². The van der Waals surface area contributed by atoms with Gasteiger partial charge in [0.25, 0.3) is 0 Å². The first kappa shape index (κ1) is 27.0. The maximum Gasteiger partial charge on any atom is 0.317 e. The number of benzene rings is 1. The van der Waals surface area contributed by atoms with Crippen molar-refractivity contribution in [2.45, 2.75) is 65.7 Å². The Morgan fingerprint density at radius 2 is 1.76 bits per heavy atom. The molecule has 2 aromatic rings. The zero-order chi connectivity index (χ0) is 24.6. The average Bonchev–Trinajstić information content (AvgIpc) is 3.17. The summed E-state index contributed by atoms with van der Waals surface area (Å²) in [5.41, 5.74) is 1.26. The lowest BCUT2D eigenvalue weighted by Crippen LogP contribution is -2.44. The van der Waals surface area contributed by atoms with Gasteiger partial charge < -0.3 is 15.5 Å². The molecule has 0 unspecified atom stereocenters. The van der Waals surface area contributed by atoms with E-state index < -0.39 is 0 Å². The Balaban J connectivity index is 2.25. The fourth-order valence-corrected chi connectivity index (χ4v) is 3.38. The smallest absolute Gasteiger partial charge is 0.317 e. The van der Waals surface area contributed by atoms with Crippen molar-refractivity contribution in [3.8, 4) is 5.69 Å². The molecule has 3 amide bonds. The van der Waals surface area contributed by atoms with E-state index in [1.807, 2.05) is 26.8 Å². The molecule has 1 aromatic heterocycles. The highest BCUT2D eigenvalue weighted by atomic mass is 35.5. The van der Waals surface area contributed by atoms with Crippen molar-refractivity contribution in [3.05, 3.63) is 40.0 Å². The molecule has 0 atom stereocenters. The van der Waals surface area contributed by atoms with Crippen LogP contribution in [0.5, 0.6) is 0 Å². The number of nitrogens with zero attached hydrogens (tertiary/aromatic N) is 3. The van der Waals surface area contributed by atoms with Crippen molar-refractivity contribution >= 4 is 41.0 Å². The van der Waals surface area contributed by atoms with Gasteiger partial charge in [0.2, 0.25) is 5.91 Å². The minimum absolute atomic E-state index is 0.0463. The molecule has 0 aliphatic carbocycles. The third kappa shape index (κ3) is 7.93. The molecule has 0 bridgehead atoms. The molecule has 0 radical (unpaired) electrons. The summed E-state index contributed by atoms with van der Waals surface area (Å²) in [6.45, 7) is 11.3. The van der Waals surface area contributed by atoms with Crippen LogP contribution in [0, 0.1) is 0 Å². The van der Waals surface area contributed by atoms with Gasteiger partial charge in [0, 0.05) is 24.6 Å². The number of carbonyl (C=O) groups excluding carboxylic acids is 2. The molecule has 0 fully saturated rings. The van der Waals surface area contributed by atoms with Crippen LogP contribution in [0.1, 0.15) is 66.0 Å². The van der Waals surface area contributed by atoms with E-state index in [4.69, 9.17) is 28.3 Å². The second kappa shape index (κ2) is 12.3. The van der Waals surface area contributed by atoms with E-state index in [0.717, 1.165) is 31.4 Å². The van der Waals surface area contributed by atoms with Crippen molar-refractivity contribution < 1.29 is 9.59 Å². The maximum atomic E-state index is 13.0. The fraction of sp³-hybridized carbons (Fsp3) is 0.542. The first-order valence-electron chi connectivity index (χ1n) is 11.4. The second-order valence-electron chi connectivity index (χ2n) is 9.08. The highest BCUT2D eigenvalue weighted by molar-refractivity contribution is 6.42. The van der Waals surface area contributed by atoms with Crippen LogP contribution in [0.4, 0.5) is 10.6 Å². The van der Waals surface area contributed by atoms with Crippen LogP contribution in [-0.2, 0) is 10.2 Å². The molecule has 0 aliphatic heterocycles. The Morgan fingerprint density at radius 1 is 1.06 bits per heavy atom. The van der Waals surface area contributed by atoms with Crippen LogP contribution in [-0.4, -0.2) is 46.3 Å². The lowest BCUT2D eigenvalue weighted by atomic mass is 9.92. The number of amides is 3. The first-order chi connectivity index (χ1) is 15.6. The largest absolute Gasteiger partial charge is 0.338 e. The van der Waals surface area contributed by atoms with Crippen molar-refractivity contribution in [1.29, 1.82) is 0 Å². The minimum atomic E-state index is -0.293. The quantitative estimate of drug-likeness (QED) is 0.395. The summed E-state index contributed by atoms with van der Waals surface area (Å²) in [5.74, 6) is 0.212. The predicted octanol–water partition coefficient (Wildman–Crippen LogP) is 6.03. The van der Waals surface area contributed by atoms with E-state index in [1.54, 1.807) is 27.8 Å². The highest BCUT2D eigenvalue weighted by Gasteiger charge is 2.23. The van der Waals surface area contributed by atoms with Crippen molar-refractivity contribution in [3.63, 3.8) is 0 Å². The lowest BCUT2D eigenvalue weighted by molar-refractivity contribution is -0.116. The van der Waals surface area contributed by atoms with Crippen LogP contribution in [0.3, 0.4) is 0 Å². The molecule has 33 heavy (non-hydrogen) atoms. The van der Waals surface area contributed by atoms with Gasteiger partial charge in [-0.25, -0.2) is 9.48 Å². The molecule has 0 spiro atoms. The molecule has 7 nitrogen and oxygen atoms in total. The molecule has 0 saturated carbocycles. The summed E-state index contributed by atoms with van der Waals surface area (Å²) >= 11 is 12.3. The molecule has 2 N–H and O–H groups in total. The number of hydrogen-bond donors (Lipinski definition) is 2. The highest BCUT2D eigenvalue weighted by Crippen LogP contribution is 2.29. The lowest BCUT2D eigenvalue weighted by Gasteiger charge is -2.22. The number of nitrogens with one attached hydrogen (secondary N) is 2. The van der Waals surface area contributed by atoms with Gasteiger partial charge in [-0.3, -0.25) is 4.79 Å². The van der Waals surface area contributed by atoms with Crippen molar-refractivity contribution in [2.75, 3.05) is 25.0 Å². The Labute approximate surface area is 206 Å². The molecule has 0 saturated heterocycles. The number of halogens is 2. The van der Waals surface area contributed by atoms with Gasteiger partial charge in [0.1, 0.15) is 12.4 Å². The second-order valence-corrected chi connectivity index (χ2v) is 9.90. The molecular weight excluding hydrogens is 461 g/mol. The van der Waals surface area contributed by atoms with Crippen LogP contribution in [0.2, 0.25) is 10.0 Å². The summed E-state index contributed by atoms with van der Waals surface area (Å²) in [6.07, 6.45) is 3.64. The summed E-state index contributed by atoms with van der Waals surface area (Å²) in [7, 11) is 0. The Kier molecular flexibility index (Phi) is 10.0. The molecule has 0 aliphatic rings. The zero-order valence-corrected chi connectivity index (χ0v) is 21.7. The van der Waals surface area contributed by atoms with E-state index in [-0.39, 0.29) is 23.9 Å². The third-order valence-corrected chi connectivity index (χ3v) is 5.84. The van der Waals surface area contributed by atoms with E-state index in [1.165, 1.54) is 0 Å². The van der Waals surface area contributed by atoms with E-state index in [9.17, 15) is 9.59 Å². The summed E-state index contributed by atoms with van der Waals surface area (Å²) < 4.78 is 1.64. The Bertz CT molecular complexity index is 953. The van der Waals surface area contributed by atoms with E-state index in [2.05, 4.69) is 24.5 Å². The fourth-order valence-electron chi connectivity index (χ4n) is 3.09. The van der Waals surface area contributed by atoms with Gasteiger partial charge in [0.15, 0.2) is 0 Å². The van der Waals surface area contributed by atoms with Gasteiger partial charge in [-0.2, -0.15) is 5.10 Å². The van der Waals surface area contributed by atoms with Crippen LogP contribution >= 0.6 is 23.2 Å². The number of rotatable bonds is 10. The maximum absolute atomic E-state index is 13.0. The Morgan fingerprint density at radius 3 is 2.36 bits per heavy atom. The number of anilines is 1. The van der Waals surface area contributed by atoms with Gasteiger partial charge in [-0.15, -0.1) is 0 Å². The van der Waals surface area contributed by atoms with E-state index in [0.29, 0.717) is 34.6 Å². The number of hydrogen-bond acceptors (Lipinski definition) is 3. The SMILES string of the molecule is CCCCNC(=O)N(CCCC)CC(=O)Nc1cc(C(C)(C)C)nn1-c1ccc(Cl)c(Cl)c1. The van der Waals surface area contributed by atoms with Gasteiger partial charge in [-0.05, 0) is 31.0 Å². The molecule has 1 aromatic carbocycles. The third-order valence-electron chi connectivity index (χ3n) is 5.10. The number of carbonyl (C=O) groups is 2. The number of urea groups is 1.